The summed E-state index contributed by atoms with van der Waals surface area (Å²) in [5.41, 5.74) is 0.731. The van der Waals surface area contributed by atoms with E-state index in [4.69, 9.17) is 9.47 Å². The Hall–Kier alpha value is -3.65. The van der Waals surface area contributed by atoms with Gasteiger partial charge in [0.2, 0.25) is 5.88 Å². The summed E-state index contributed by atoms with van der Waals surface area (Å²) in [6.45, 7) is 0. The van der Waals surface area contributed by atoms with Crippen LogP contribution in [0.5, 0.6) is 17.4 Å². The molecule has 2 heterocycles. The quantitative estimate of drug-likeness (QED) is 0.514. The number of sulfonamides is 1. The molecular formula is C21H17N3O4S. The zero-order chi connectivity index (χ0) is 20.3. The largest absolute Gasteiger partial charge is 0.497 e. The van der Waals surface area contributed by atoms with Crippen molar-refractivity contribution >= 4 is 26.6 Å². The van der Waals surface area contributed by atoms with Crippen LogP contribution in [0.1, 0.15) is 0 Å². The standard InChI is InChI=1S/C21H17N3O4S/c1-27-17-8-10-18(11-9-17)28-20-12-7-16(14-23-20)24-29(25,26)19-6-2-4-15-5-3-13-22-21(15)19/h2-14,24H,1H3. The number of rotatable bonds is 6. The lowest BCUT2D eigenvalue weighted by Gasteiger charge is -2.10. The van der Waals surface area contributed by atoms with E-state index < -0.39 is 10.0 Å². The molecule has 0 aliphatic carbocycles. The SMILES string of the molecule is COc1ccc(Oc2ccc(NS(=O)(=O)c3cccc4cccnc34)cn2)cc1. The second-order valence-electron chi connectivity index (χ2n) is 6.10. The number of aromatic nitrogens is 2. The number of methoxy groups -OCH3 is 1. The van der Waals surface area contributed by atoms with E-state index in [1.807, 2.05) is 12.1 Å². The Morgan fingerprint density at radius 3 is 2.34 bits per heavy atom. The van der Waals surface area contributed by atoms with Crippen LogP contribution in [0, 0.1) is 0 Å². The molecule has 0 bridgehead atoms. The number of hydrogen-bond donors (Lipinski definition) is 1. The predicted molar refractivity (Wildman–Crippen MR) is 110 cm³/mol. The van der Waals surface area contributed by atoms with Gasteiger partial charge in [-0.15, -0.1) is 0 Å². The zero-order valence-corrected chi connectivity index (χ0v) is 16.3. The molecule has 0 fully saturated rings. The molecule has 2 aromatic heterocycles. The molecular weight excluding hydrogens is 390 g/mol. The van der Waals surface area contributed by atoms with Crippen LogP contribution in [-0.4, -0.2) is 25.5 Å². The van der Waals surface area contributed by atoms with Crippen LogP contribution in [0.15, 0.2) is 84.0 Å². The molecule has 0 saturated carbocycles. The number of fused-ring (bicyclic) bond motifs is 1. The Labute approximate surface area is 168 Å². The molecule has 0 atom stereocenters. The van der Waals surface area contributed by atoms with Crippen molar-refractivity contribution in [2.75, 3.05) is 11.8 Å². The van der Waals surface area contributed by atoms with Crippen molar-refractivity contribution in [1.82, 2.24) is 9.97 Å². The van der Waals surface area contributed by atoms with Gasteiger partial charge in [-0.1, -0.05) is 18.2 Å². The highest BCUT2D eigenvalue weighted by Gasteiger charge is 2.18. The monoisotopic (exact) mass is 407 g/mol. The minimum atomic E-state index is -3.83. The first-order chi connectivity index (χ1) is 14.0. The first-order valence-electron chi connectivity index (χ1n) is 8.70. The van der Waals surface area contributed by atoms with Gasteiger partial charge in [0.1, 0.15) is 16.4 Å². The highest BCUT2D eigenvalue weighted by atomic mass is 32.2. The first-order valence-corrected chi connectivity index (χ1v) is 10.2. The van der Waals surface area contributed by atoms with Gasteiger partial charge in [0, 0.05) is 17.6 Å². The van der Waals surface area contributed by atoms with Crippen molar-refractivity contribution < 1.29 is 17.9 Å². The van der Waals surface area contributed by atoms with Gasteiger partial charge in [-0.25, -0.2) is 13.4 Å². The van der Waals surface area contributed by atoms with E-state index in [-0.39, 0.29) is 4.90 Å². The average Bonchev–Trinajstić information content (AvgIpc) is 2.75. The highest BCUT2D eigenvalue weighted by molar-refractivity contribution is 7.93. The van der Waals surface area contributed by atoms with Gasteiger partial charge in [0.05, 0.1) is 24.5 Å². The maximum absolute atomic E-state index is 12.8. The van der Waals surface area contributed by atoms with E-state index in [9.17, 15) is 8.42 Å². The maximum Gasteiger partial charge on any atom is 0.264 e. The third kappa shape index (κ3) is 4.12. The number of nitrogens with zero attached hydrogens (tertiary/aromatic N) is 2. The van der Waals surface area contributed by atoms with Crippen molar-refractivity contribution in [1.29, 1.82) is 0 Å². The van der Waals surface area contributed by atoms with Gasteiger partial charge in [-0.05, 0) is 42.5 Å². The van der Waals surface area contributed by atoms with Gasteiger partial charge in [-0.3, -0.25) is 9.71 Å². The summed E-state index contributed by atoms with van der Waals surface area (Å²) in [7, 11) is -2.24. The Morgan fingerprint density at radius 2 is 1.62 bits per heavy atom. The molecule has 146 valence electrons. The molecule has 2 aromatic carbocycles. The van der Waals surface area contributed by atoms with Gasteiger partial charge in [0.25, 0.3) is 10.0 Å². The Balaban J connectivity index is 1.53. The van der Waals surface area contributed by atoms with E-state index in [1.54, 1.807) is 61.8 Å². The van der Waals surface area contributed by atoms with Gasteiger partial charge in [-0.2, -0.15) is 0 Å². The number of benzene rings is 2. The summed E-state index contributed by atoms with van der Waals surface area (Å²) < 4.78 is 38.9. The van der Waals surface area contributed by atoms with E-state index in [0.717, 1.165) is 11.1 Å². The predicted octanol–water partition coefficient (Wildman–Crippen LogP) is 4.23. The minimum Gasteiger partial charge on any atom is -0.497 e. The molecule has 7 nitrogen and oxygen atoms in total. The molecule has 4 rings (SSSR count). The molecule has 0 radical (unpaired) electrons. The lowest BCUT2D eigenvalue weighted by atomic mass is 10.2. The highest BCUT2D eigenvalue weighted by Crippen LogP contribution is 2.25. The number of nitrogens with one attached hydrogen (secondary N) is 1. The molecule has 8 heteroatoms. The molecule has 4 aromatic rings. The van der Waals surface area contributed by atoms with Crippen LogP contribution in [0.2, 0.25) is 0 Å². The third-order valence-corrected chi connectivity index (χ3v) is 5.57. The minimum absolute atomic E-state index is 0.106. The fourth-order valence-electron chi connectivity index (χ4n) is 2.77. The number of ether oxygens (including phenoxy) is 2. The van der Waals surface area contributed by atoms with Gasteiger partial charge in [0.15, 0.2) is 0 Å². The summed E-state index contributed by atoms with van der Waals surface area (Å²) in [4.78, 5) is 8.47. The molecule has 0 amide bonds. The van der Waals surface area contributed by atoms with Gasteiger partial charge < -0.3 is 9.47 Å². The van der Waals surface area contributed by atoms with Crippen LogP contribution in [-0.2, 0) is 10.0 Å². The summed E-state index contributed by atoms with van der Waals surface area (Å²) in [5.74, 6) is 1.65. The summed E-state index contributed by atoms with van der Waals surface area (Å²) in [5, 5.41) is 0.747. The average molecular weight is 407 g/mol. The number of para-hydroxylation sites is 1. The Kier molecular flexibility index (Phi) is 5.01. The Bertz CT molecular complexity index is 1240. The molecule has 0 aliphatic heterocycles. The molecule has 0 spiro atoms. The zero-order valence-electron chi connectivity index (χ0n) is 15.4. The van der Waals surface area contributed by atoms with Crippen molar-refractivity contribution in [3.05, 3.63) is 79.1 Å². The molecule has 0 unspecified atom stereocenters. The maximum atomic E-state index is 12.8. The fourth-order valence-corrected chi connectivity index (χ4v) is 3.99. The second kappa shape index (κ2) is 7.76. The summed E-state index contributed by atoms with van der Waals surface area (Å²) >= 11 is 0. The Morgan fingerprint density at radius 1 is 0.862 bits per heavy atom. The molecule has 0 aliphatic rings. The second-order valence-corrected chi connectivity index (χ2v) is 7.75. The normalized spacial score (nSPS) is 11.2. The number of hydrogen-bond acceptors (Lipinski definition) is 6. The third-order valence-electron chi connectivity index (χ3n) is 4.16. The van der Waals surface area contributed by atoms with Crippen LogP contribution in [0.4, 0.5) is 5.69 Å². The summed E-state index contributed by atoms with van der Waals surface area (Å²) in [6, 6.07) is 18.8. The lowest BCUT2D eigenvalue weighted by molar-refractivity contribution is 0.412. The smallest absolute Gasteiger partial charge is 0.264 e. The van der Waals surface area contributed by atoms with Crippen molar-refractivity contribution in [3.8, 4) is 17.4 Å². The number of pyridine rings is 2. The van der Waals surface area contributed by atoms with E-state index in [1.165, 1.54) is 12.3 Å². The van der Waals surface area contributed by atoms with E-state index in [0.29, 0.717) is 22.8 Å². The number of anilines is 1. The van der Waals surface area contributed by atoms with Crippen molar-refractivity contribution in [2.45, 2.75) is 4.90 Å². The molecule has 29 heavy (non-hydrogen) atoms. The van der Waals surface area contributed by atoms with E-state index in [2.05, 4.69) is 14.7 Å². The topological polar surface area (TPSA) is 90.4 Å². The molecule has 0 saturated heterocycles. The van der Waals surface area contributed by atoms with E-state index >= 15 is 0 Å². The molecule has 1 N–H and O–H groups in total. The summed E-state index contributed by atoms with van der Waals surface area (Å²) in [6.07, 6.45) is 2.96. The van der Waals surface area contributed by atoms with Gasteiger partial charge >= 0.3 is 0 Å². The lowest BCUT2D eigenvalue weighted by Crippen LogP contribution is -2.14. The van der Waals surface area contributed by atoms with Crippen molar-refractivity contribution in [3.63, 3.8) is 0 Å². The van der Waals surface area contributed by atoms with Crippen LogP contribution >= 0.6 is 0 Å². The fraction of sp³-hybridized carbons (Fsp3) is 0.0476. The van der Waals surface area contributed by atoms with Crippen LogP contribution in [0.3, 0.4) is 0 Å². The van der Waals surface area contributed by atoms with Crippen molar-refractivity contribution in [2.24, 2.45) is 0 Å². The van der Waals surface area contributed by atoms with Crippen LogP contribution in [0.25, 0.3) is 10.9 Å². The van der Waals surface area contributed by atoms with Crippen LogP contribution < -0.4 is 14.2 Å². The first kappa shape index (κ1) is 18.7.